The van der Waals surface area contributed by atoms with Crippen molar-refractivity contribution in [3.63, 3.8) is 0 Å². The zero-order valence-electron chi connectivity index (χ0n) is 16.9. The number of rotatable bonds is 3. The van der Waals surface area contributed by atoms with Gasteiger partial charge in [0.05, 0.1) is 7.11 Å². The van der Waals surface area contributed by atoms with Crippen LogP contribution in [0.25, 0.3) is 16.8 Å². The Morgan fingerprint density at radius 1 is 1.17 bits per heavy atom. The van der Waals surface area contributed by atoms with Crippen molar-refractivity contribution in [1.29, 1.82) is 0 Å². The number of anilines is 1. The van der Waals surface area contributed by atoms with E-state index in [-0.39, 0.29) is 0 Å². The summed E-state index contributed by atoms with van der Waals surface area (Å²) in [5.74, 6) is 1.43. The van der Waals surface area contributed by atoms with Gasteiger partial charge in [0, 0.05) is 53.7 Å². The average Bonchev–Trinajstić information content (AvgIpc) is 3.24. The van der Waals surface area contributed by atoms with Gasteiger partial charge in [-0.05, 0) is 37.6 Å². The number of aryl methyl sites for hydroxylation is 1. The van der Waals surface area contributed by atoms with Gasteiger partial charge in [0.1, 0.15) is 11.5 Å². The van der Waals surface area contributed by atoms with Crippen LogP contribution in [0.5, 0.6) is 5.88 Å². The van der Waals surface area contributed by atoms with Crippen LogP contribution in [-0.4, -0.2) is 43.4 Å². The van der Waals surface area contributed by atoms with Gasteiger partial charge >= 0.3 is 0 Å². The molecule has 0 fully saturated rings. The molecule has 1 aliphatic heterocycles. The molecule has 0 saturated heterocycles. The summed E-state index contributed by atoms with van der Waals surface area (Å²) in [5, 5.41) is 13.3. The number of hydrogen-bond donors (Lipinski definition) is 0. The first-order valence-corrected chi connectivity index (χ1v) is 10.0. The van der Waals surface area contributed by atoms with E-state index in [9.17, 15) is 0 Å². The van der Waals surface area contributed by atoms with Gasteiger partial charge < -0.3 is 9.64 Å². The molecule has 0 spiro atoms. The standard InChI is InChI=1S/C21H20ClN7O/c1-12-13(2)20(27-29-11-24-26-19(12)29)28-7-6-17-15(10-28)8-14(9-23-17)16-4-5-18(22)25-21(16)30-3/h4-5,8-9,11H,6-7,10H2,1-3H3. The fourth-order valence-electron chi connectivity index (χ4n) is 3.91. The number of ether oxygens (including phenoxy) is 1. The van der Waals surface area contributed by atoms with Gasteiger partial charge in [-0.15, -0.1) is 15.3 Å². The third-order valence-corrected chi connectivity index (χ3v) is 5.85. The summed E-state index contributed by atoms with van der Waals surface area (Å²) < 4.78 is 7.16. The summed E-state index contributed by atoms with van der Waals surface area (Å²) in [5.41, 5.74) is 7.09. The fraction of sp³-hybridized carbons (Fsp3) is 0.286. The van der Waals surface area contributed by atoms with Gasteiger partial charge in [-0.3, -0.25) is 4.98 Å². The molecule has 0 unspecified atom stereocenters. The molecule has 4 aromatic rings. The van der Waals surface area contributed by atoms with E-state index >= 15 is 0 Å². The second kappa shape index (κ2) is 7.21. The number of nitrogens with zero attached hydrogens (tertiary/aromatic N) is 7. The van der Waals surface area contributed by atoms with Crippen LogP contribution < -0.4 is 9.64 Å². The van der Waals surface area contributed by atoms with Crippen LogP contribution in [0.4, 0.5) is 5.82 Å². The minimum Gasteiger partial charge on any atom is -0.481 e. The van der Waals surface area contributed by atoms with Crippen molar-refractivity contribution in [2.45, 2.75) is 26.8 Å². The fourth-order valence-corrected chi connectivity index (χ4v) is 4.05. The normalized spacial score (nSPS) is 13.5. The van der Waals surface area contributed by atoms with E-state index in [1.807, 2.05) is 12.3 Å². The van der Waals surface area contributed by atoms with E-state index in [4.69, 9.17) is 26.4 Å². The maximum absolute atomic E-state index is 6.01. The molecule has 0 bridgehead atoms. The summed E-state index contributed by atoms with van der Waals surface area (Å²) in [6.45, 7) is 5.72. The van der Waals surface area contributed by atoms with E-state index in [1.165, 1.54) is 5.56 Å². The van der Waals surface area contributed by atoms with E-state index in [0.29, 0.717) is 11.0 Å². The molecule has 1 aliphatic rings. The van der Waals surface area contributed by atoms with Crippen molar-refractivity contribution in [3.8, 4) is 17.0 Å². The van der Waals surface area contributed by atoms with Crippen LogP contribution >= 0.6 is 11.6 Å². The number of hydrogen-bond acceptors (Lipinski definition) is 7. The number of halogens is 1. The predicted molar refractivity (Wildman–Crippen MR) is 114 cm³/mol. The maximum Gasteiger partial charge on any atom is 0.222 e. The van der Waals surface area contributed by atoms with Crippen LogP contribution in [0.15, 0.2) is 30.7 Å². The molecule has 8 nitrogen and oxygen atoms in total. The predicted octanol–water partition coefficient (Wildman–Crippen LogP) is 3.42. The molecule has 0 radical (unpaired) electrons. The first-order chi connectivity index (χ1) is 14.5. The Morgan fingerprint density at radius 2 is 2.03 bits per heavy atom. The van der Waals surface area contributed by atoms with Gasteiger partial charge in [0.2, 0.25) is 5.88 Å². The number of methoxy groups -OCH3 is 1. The number of fused-ring (bicyclic) bond motifs is 2. The molecule has 0 saturated carbocycles. The lowest BCUT2D eigenvalue weighted by molar-refractivity contribution is 0.400. The largest absolute Gasteiger partial charge is 0.481 e. The lowest BCUT2D eigenvalue weighted by Crippen LogP contribution is -2.32. The lowest BCUT2D eigenvalue weighted by Gasteiger charge is -2.30. The van der Waals surface area contributed by atoms with E-state index in [0.717, 1.165) is 58.9 Å². The Kier molecular flexibility index (Phi) is 4.51. The Balaban J connectivity index is 1.53. The zero-order valence-corrected chi connectivity index (χ0v) is 17.7. The van der Waals surface area contributed by atoms with Gasteiger partial charge in [-0.2, -0.15) is 4.52 Å². The lowest BCUT2D eigenvalue weighted by atomic mass is 10.00. The van der Waals surface area contributed by atoms with Crippen LogP contribution in [-0.2, 0) is 13.0 Å². The monoisotopic (exact) mass is 421 g/mol. The van der Waals surface area contributed by atoms with Crippen molar-refractivity contribution in [2.24, 2.45) is 0 Å². The number of pyridine rings is 2. The third kappa shape index (κ3) is 3.04. The smallest absolute Gasteiger partial charge is 0.222 e. The molecule has 0 amide bonds. The van der Waals surface area contributed by atoms with Crippen LogP contribution in [0, 0.1) is 13.8 Å². The summed E-state index contributed by atoms with van der Waals surface area (Å²) in [4.78, 5) is 11.3. The van der Waals surface area contributed by atoms with E-state index in [2.05, 4.69) is 40.0 Å². The molecule has 9 heteroatoms. The van der Waals surface area contributed by atoms with Crippen molar-refractivity contribution in [2.75, 3.05) is 18.6 Å². The van der Waals surface area contributed by atoms with Gasteiger partial charge in [-0.25, -0.2) is 4.98 Å². The molecule has 30 heavy (non-hydrogen) atoms. The SMILES string of the molecule is COc1nc(Cl)ccc1-c1cnc2c(c1)CN(c1nn3cnnc3c(C)c1C)CC2. The quantitative estimate of drug-likeness (QED) is 0.469. The van der Waals surface area contributed by atoms with E-state index in [1.54, 1.807) is 24.0 Å². The van der Waals surface area contributed by atoms with Crippen molar-refractivity contribution in [3.05, 3.63) is 58.3 Å². The minimum atomic E-state index is 0.397. The molecule has 0 atom stereocenters. The average molecular weight is 422 g/mol. The first-order valence-electron chi connectivity index (χ1n) is 9.66. The zero-order chi connectivity index (χ0) is 20.8. The van der Waals surface area contributed by atoms with Crippen molar-refractivity contribution in [1.82, 2.24) is 29.8 Å². The minimum absolute atomic E-state index is 0.397. The molecule has 5 rings (SSSR count). The second-order valence-corrected chi connectivity index (χ2v) is 7.75. The second-order valence-electron chi connectivity index (χ2n) is 7.36. The van der Waals surface area contributed by atoms with Crippen molar-refractivity contribution >= 4 is 23.1 Å². The Hall–Kier alpha value is -3.26. The molecule has 152 valence electrons. The maximum atomic E-state index is 6.01. The van der Waals surface area contributed by atoms with E-state index < -0.39 is 0 Å². The highest BCUT2D eigenvalue weighted by Crippen LogP contribution is 2.33. The Morgan fingerprint density at radius 3 is 2.87 bits per heavy atom. The Labute approximate surface area is 178 Å². The third-order valence-electron chi connectivity index (χ3n) is 5.64. The summed E-state index contributed by atoms with van der Waals surface area (Å²) in [7, 11) is 1.59. The topological polar surface area (TPSA) is 81.3 Å². The summed E-state index contributed by atoms with van der Waals surface area (Å²) in [6.07, 6.45) is 4.37. The van der Waals surface area contributed by atoms with Gasteiger partial charge in [0.25, 0.3) is 0 Å². The van der Waals surface area contributed by atoms with Crippen LogP contribution in [0.3, 0.4) is 0 Å². The highest BCUT2D eigenvalue weighted by molar-refractivity contribution is 6.29. The highest BCUT2D eigenvalue weighted by Gasteiger charge is 2.23. The van der Waals surface area contributed by atoms with Gasteiger partial charge in [-0.1, -0.05) is 11.6 Å². The molecular weight excluding hydrogens is 402 g/mol. The Bertz CT molecular complexity index is 1270. The van der Waals surface area contributed by atoms with Crippen molar-refractivity contribution < 1.29 is 4.74 Å². The van der Waals surface area contributed by atoms with Crippen LogP contribution in [0.1, 0.15) is 22.4 Å². The number of aromatic nitrogens is 6. The highest BCUT2D eigenvalue weighted by atomic mass is 35.5. The molecule has 0 aromatic carbocycles. The molecule has 5 heterocycles. The molecule has 4 aromatic heterocycles. The summed E-state index contributed by atoms with van der Waals surface area (Å²) >= 11 is 6.01. The van der Waals surface area contributed by atoms with Gasteiger partial charge in [0.15, 0.2) is 11.5 Å². The molecular formula is C21H20ClN7O. The first kappa shape index (κ1) is 18.7. The molecule has 0 N–H and O–H groups in total. The summed E-state index contributed by atoms with van der Waals surface area (Å²) in [6, 6.07) is 5.82. The molecule has 0 aliphatic carbocycles. The van der Waals surface area contributed by atoms with Crippen LogP contribution in [0.2, 0.25) is 5.15 Å².